The maximum Gasteiger partial charge on any atom is 0.252 e. The van der Waals surface area contributed by atoms with Crippen molar-refractivity contribution in [2.75, 3.05) is 25.3 Å². The van der Waals surface area contributed by atoms with Crippen LogP contribution in [0.2, 0.25) is 10.0 Å². The highest BCUT2D eigenvalue weighted by Gasteiger charge is 2.24. The molecule has 2 heterocycles. The average Bonchev–Trinajstić information content (AvgIpc) is 3.97. The largest absolute Gasteiger partial charge is 0.496 e. The summed E-state index contributed by atoms with van der Waals surface area (Å²) in [4.78, 5) is 44.0. The van der Waals surface area contributed by atoms with Crippen LogP contribution in [0, 0.1) is 5.92 Å². The first-order chi connectivity index (χ1) is 25.9. The van der Waals surface area contributed by atoms with Crippen molar-refractivity contribution in [1.29, 1.82) is 0 Å². The summed E-state index contributed by atoms with van der Waals surface area (Å²) in [6.07, 6.45) is 5.92. The molecule has 1 aliphatic rings. The molecular weight excluding hydrogens is 735 g/mol. The number of ether oxygens (including phenoxy) is 4. The third-order valence-corrected chi connectivity index (χ3v) is 9.03. The number of primary amides is 2. The molecule has 7 N–H and O–H groups in total. The van der Waals surface area contributed by atoms with Gasteiger partial charge >= 0.3 is 0 Å². The smallest absolute Gasteiger partial charge is 0.252 e. The molecule has 1 aliphatic carbocycles. The van der Waals surface area contributed by atoms with E-state index < -0.39 is 11.8 Å². The fraction of sp³-hybridized carbons (Fsp3) is 0.154. The molecule has 1 saturated carbocycles. The van der Waals surface area contributed by atoms with Gasteiger partial charge in [-0.2, -0.15) is 0 Å². The van der Waals surface area contributed by atoms with Crippen molar-refractivity contribution in [3.63, 3.8) is 0 Å². The zero-order chi connectivity index (χ0) is 38.5. The number of hydrogen-bond donors (Lipinski definition) is 4. The van der Waals surface area contributed by atoms with Crippen molar-refractivity contribution < 1.29 is 33.3 Å². The molecule has 0 spiro atoms. The SMILES string of the molecule is COc1cc2nccc(Oc3ccc(N)c(Cl)c3)c2cc1C(N)=O.COc1cc2nccc(Oc3ccc(NC(=O)CC4CC4)c(Cl)c3)c2cc1C(N)=O. The molecule has 0 unspecified atom stereocenters. The Kier molecular flexibility index (Phi) is 11.2. The van der Waals surface area contributed by atoms with E-state index in [1.54, 1.807) is 85.2 Å². The highest BCUT2D eigenvalue weighted by molar-refractivity contribution is 6.34. The third-order valence-electron chi connectivity index (χ3n) is 8.39. The van der Waals surface area contributed by atoms with Gasteiger partial charge in [-0.05, 0) is 67.3 Å². The topological polar surface area (TPSA) is 204 Å². The number of halogens is 2. The van der Waals surface area contributed by atoms with Gasteiger partial charge in [0.25, 0.3) is 11.8 Å². The van der Waals surface area contributed by atoms with E-state index in [9.17, 15) is 14.4 Å². The van der Waals surface area contributed by atoms with Crippen molar-refractivity contribution in [2.45, 2.75) is 19.3 Å². The maximum atomic E-state index is 12.0. The predicted molar refractivity (Wildman–Crippen MR) is 207 cm³/mol. The second kappa shape index (κ2) is 16.1. The second-order valence-electron chi connectivity index (χ2n) is 12.2. The van der Waals surface area contributed by atoms with Crippen molar-refractivity contribution in [2.24, 2.45) is 17.4 Å². The summed E-state index contributed by atoms with van der Waals surface area (Å²) in [5, 5.41) is 4.82. The van der Waals surface area contributed by atoms with Gasteiger partial charge in [-0.25, -0.2) is 0 Å². The molecule has 4 aromatic carbocycles. The molecule has 2 aromatic heterocycles. The number of rotatable bonds is 11. The van der Waals surface area contributed by atoms with Crippen LogP contribution in [0.15, 0.2) is 85.2 Å². The Morgan fingerprint density at radius 1 is 0.704 bits per heavy atom. The summed E-state index contributed by atoms with van der Waals surface area (Å²) >= 11 is 12.3. The number of hydrogen-bond acceptors (Lipinski definition) is 10. The Morgan fingerprint density at radius 2 is 1.20 bits per heavy atom. The molecule has 276 valence electrons. The van der Waals surface area contributed by atoms with E-state index in [0.717, 1.165) is 12.8 Å². The number of carbonyl (C=O) groups is 3. The van der Waals surface area contributed by atoms with E-state index in [2.05, 4.69) is 15.3 Å². The normalized spacial score (nSPS) is 12.0. The molecule has 6 aromatic rings. The number of pyridine rings is 2. The van der Waals surface area contributed by atoms with Crippen LogP contribution >= 0.6 is 23.2 Å². The molecule has 0 atom stereocenters. The quantitative estimate of drug-likeness (QED) is 0.0938. The van der Waals surface area contributed by atoms with Crippen molar-refractivity contribution in [1.82, 2.24) is 9.97 Å². The fourth-order valence-electron chi connectivity index (χ4n) is 5.47. The summed E-state index contributed by atoms with van der Waals surface area (Å²) in [6.45, 7) is 0. The number of amides is 3. The number of aromatic nitrogens is 2. The van der Waals surface area contributed by atoms with Crippen LogP contribution in [-0.4, -0.2) is 41.9 Å². The van der Waals surface area contributed by atoms with Gasteiger partial charge in [-0.3, -0.25) is 24.4 Å². The maximum absolute atomic E-state index is 12.0. The number of nitrogens with zero attached hydrogens (tertiary/aromatic N) is 2. The Hall–Kier alpha value is -6.31. The number of nitrogen functional groups attached to an aromatic ring is 1. The van der Waals surface area contributed by atoms with E-state index in [-0.39, 0.29) is 17.0 Å². The van der Waals surface area contributed by atoms with Gasteiger partial charge in [0.1, 0.15) is 34.5 Å². The average molecular weight is 770 g/mol. The van der Waals surface area contributed by atoms with Gasteiger partial charge in [0.05, 0.1) is 57.8 Å². The molecule has 1 fully saturated rings. The van der Waals surface area contributed by atoms with Gasteiger partial charge in [0, 0.05) is 53.9 Å². The fourth-order valence-corrected chi connectivity index (χ4v) is 5.86. The summed E-state index contributed by atoms with van der Waals surface area (Å²) in [5.74, 6) is 1.91. The highest BCUT2D eigenvalue weighted by Crippen LogP contribution is 2.37. The van der Waals surface area contributed by atoms with E-state index >= 15 is 0 Å². The zero-order valence-electron chi connectivity index (χ0n) is 29.0. The lowest BCUT2D eigenvalue weighted by molar-refractivity contribution is -0.116. The molecule has 0 aliphatic heterocycles. The molecule has 13 nitrogen and oxygen atoms in total. The number of nitrogens with two attached hydrogens (primary N) is 3. The molecule has 0 bridgehead atoms. The van der Waals surface area contributed by atoms with Gasteiger partial charge in [-0.15, -0.1) is 0 Å². The molecule has 15 heteroatoms. The summed E-state index contributed by atoms with van der Waals surface area (Å²) in [5.41, 5.74) is 19.2. The lowest BCUT2D eigenvalue weighted by atomic mass is 10.1. The molecule has 54 heavy (non-hydrogen) atoms. The Balaban J connectivity index is 0.000000189. The minimum absolute atomic E-state index is 0.0406. The molecule has 0 saturated heterocycles. The van der Waals surface area contributed by atoms with E-state index in [1.807, 2.05) is 0 Å². The van der Waals surface area contributed by atoms with Crippen molar-refractivity contribution in [3.8, 4) is 34.5 Å². The van der Waals surface area contributed by atoms with Crippen LogP contribution in [-0.2, 0) is 4.79 Å². The minimum Gasteiger partial charge on any atom is -0.496 e. The number of benzene rings is 4. The van der Waals surface area contributed by atoms with Crippen LogP contribution in [0.25, 0.3) is 21.8 Å². The van der Waals surface area contributed by atoms with Crippen LogP contribution < -0.4 is 41.5 Å². The molecule has 7 rings (SSSR count). The van der Waals surface area contributed by atoms with Crippen LogP contribution in [0.3, 0.4) is 0 Å². The standard InChI is InChI=1S/C22H20ClN3O4.C17H14ClN3O3/c1-29-20-11-18-14(10-15(20)22(24)28)19(6-7-25-18)30-13-4-5-17(16(23)9-13)26-21(27)8-12-2-3-12;1-23-16-8-14-10(7-11(16)17(20)22)15(4-5-21-14)24-9-2-3-13(19)12(18)6-9/h4-7,9-12H,2-3,8H2,1H3,(H2,24,28)(H,26,27);2-8H,19H2,1H3,(H2,20,22). The Labute approximate surface area is 319 Å². The number of methoxy groups -OCH3 is 2. The molecule has 3 amide bonds. The molecule has 0 radical (unpaired) electrons. The number of carbonyl (C=O) groups excluding carboxylic acids is 3. The number of anilines is 2. The van der Waals surface area contributed by atoms with Gasteiger partial charge < -0.3 is 41.5 Å². The van der Waals surface area contributed by atoms with E-state index in [1.165, 1.54) is 14.2 Å². The van der Waals surface area contributed by atoms with Crippen LogP contribution in [0.4, 0.5) is 11.4 Å². The second-order valence-corrected chi connectivity index (χ2v) is 13.0. The zero-order valence-corrected chi connectivity index (χ0v) is 30.5. The van der Waals surface area contributed by atoms with Gasteiger partial charge in [0.15, 0.2) is 0 Å². The van der Waals surface area contributed by atoms with Crippen LogP contribution in [0.5, 0.6) is 34.5 Å². The van der Waals surface area contributed by atoms with E-state index in [0.29, 0.717) is 90.1 Å². The van der Waals surface area contributed by atoms with Crippen molar-refractivity contribution in [3.05, 3.63) is 106 Å². The van der Waals surface area contributed by atoms with E-state index in [4.69, 9.17) is 59.4 Å². The lowest BCUT2D eigenvalue weighted by Crippen LogP contribution is -2.12. The predicted octanol–water partition coefficient (Wildman–Crippen LogP) is 7.90. The van der Waals surface area contributed by atoms with Crippen LogP contribution in [0.1, 0.15) is 40.0 Å². The minimum atomic E-state index is -0.613. The number of nitrogens with one attached hydrogen (secondary N) is 1. The lowest BCUT2D eigenvalue weighted by Gasteiger charge is -2.13. The number of fused-ring (bicyclic) bond motifs is 2. The first kappa shape index (κ1) is 37.4. The van der Waals surface area contributed by atoms with Gasteiger partial charge in [-0.1, -0.05) is 23.2 Å². The first-order valence-electron chi connectivity index (χ1n) is 16.5. The van der Waals surface area contributed by atoms with Gasteiger partial charge in [0.2, 0.25) is 5.91 Å². The first-order valence-corrected chi connectivity index (χ1v) is 17.2. The van der Waals surface area contributed by atoms with Crippen molar-refractivity contribution >= 4 is 74.1 Å². The molecular formula is C39H34Cl2N6O7. The Morgan fingerprint density at radius 3 is 1.65 bits per heavy atom. The third kappa shape index (κ3) is 8.65. The Bertz CT molecular complexity index is 2420. The summed E-state index contributed by atoms with van der Waals surface area (Å²) in [6, 6.07) is 19.8. The summed E-state index contributed by atoms with van der Waals surface area (Å²) < 4.78 is 22.3. The summed E-state index contributed by atoms with van der Waals surface area (Å²) in [7, 11) is 2.92. The monoisotopic (exact) mass is 768 g/mol. The highest BCUT2D eigenvalue weighted by atomic mass is 35.5.